The molecule has 2 heterocycles. The number of nitrogens with zero attached hydrogens (tertiary/aromatic N) is 1. The van der Waals surface area contributed by atoms with Crippen LogP contribution in [0.3, 0.4) is 0 Å². The van der Waals surface area contributed by atoms with Crippen molar-refractivity contribution >= 4 is 12.4 Å². The smallest absolute Gasteiger partial charge is 0.0707 e. The van der Waals surface area contributed by atoms with Crippen molar-refractivity contribution in [3.05, 3.63) is 35.9 Å². The number of benzene rings is 1. The van der Waals surface area contributed by atoms with Gasteiger partial charge in [0.25, 0.3) is 0 Å². The molecular formula is C13H18ClNO. The van der Waals surface area contributed by atoms with Gasteiger partial charge < -0.3 is 4.74 Å². The van der Waals surface area contributed by atoms with Gasteiger partial charge in [0.15, 0.2) is 0 Å². The summed E-state index contributed by atoms with van der Waals surface area (Å²) in [5, 5.41) is 0. The lowest BCUT2D eigenvalue weighted by atomic mass is 10.2. The zero-order chi connectivity index (χ0) is 10.1. The van der Waals surface area contributed by atoms with Gasteiger partial charge >= 0.3 is 0 Å². The number of hydrogen-bond donors (Lipinski definition) is 0. The topological polar surface area (TPSA) is 12.5 Å². The van der Waals surface area contributed by atoms with Crippen molar-refractivity contribution in [2.45, 2.75) is 31.6 Å². The third kappa shape index (κ3) is 2.57. The van der Waals surface area contributed by atoms with E-state index in [0.29, 0.717) is 12.2 Å². The second kappa shape index (κ2) is 5.17. The molecule has 0 N–H and O–H groups in total. The monoisotopic (exact) mass is 239 g/mol. The first-order chi connectivity index (χ1) is 7.40. The Labute approximate surface area is 103 Å². The van der Waals surface area contributed by atoms with Crippen molar-refractivity contribution in [2.75, 3.05) is 13.1 Å². The molecule has 2 nitrogen and oxygen atoms in total. The fourth-order valence-corrected chi connectivity index (χ4v) is 2.67. The summed E-state index contributed by atoms with van der Waals surface area (Å²) >= 11 is 0. The maximum atomic E-state index is 5.82. The van der Waals surface area contributed by atoms with Crippen LogP contribution in [0.1, 0.15) is 18.4 Å². The van der Waals surface area contributed by atoms with Crippen LogP contribution in [-0.2, 0) is 11.3 Å². The fraction of sp³-hybridized carbons (Fsp3) is 0.538. The molecule has 1 aromatic rings. The maximum absolute atomic E-state index is 5.82. The lowest BCUT2D eigenvalue weighted by Crippen LogP contribution is -2.41. The van der Waals surface area contributed by atoms with Crippen LogP contribution in [-0.4, -0.2) is 30.2 Å². The minimum absolute atomic E-state index is 0. The van der Waals surface area contributed by atoms with Gasteiger partial charge in [-0.2, -0.15) is 0 Å². The largest absolute Gasteiger partial charge is 0.372 e. The third-order valence-corrected chi connectivity index (χ3v) is 3.37. The Morgan fingerprint density at radius 3 is 2.31 bits per heavy atom. The highest BCUT2D eigenvalue weighted by Crippen LogP contribution is 2.26. The molecule has 2 aliphatic heterocycles. The van der Waals surface area contributed by atoms with Gasteiger partial charge in [-0.15, -0.1) is 12.4 Å². The summed E-state index contributed by atoms with van der Waals surface area (Å²) in [6.07, 6.45) is 3.53. The molecule has 2 bridgehead atoms. The van der Waals surface area contributed by atoms with Crippen LogP contribution < -0.4 is 0 Å². The van der Waals surface area contributed by atoms with Crippen molar-refractivity contribution in [3.63, 3.8) is 0 Å². The van der Waals surface area contributed by atoms with Crippen molar-refractivity contribution in [1.29, 1.82) is 0 Å². The van der Waals surface area contributed by atoms with E-state index in [1.54, 1.807) is 0 Å². The van der Waals surface area contributed by atoms with Gasteiger partial charge in [0.2, 0.25) is 0 Å². The molecule has 1 aromatic carbocycles. The molecule has 0 aliphatic carbocycles. The van der Waals surface area contributed by atoms with Gasteiger partial charge in [-0.25, -0.2) is 0 Å². The summed E-state index contributed by atoms with van der Waals surface area (Å²) in [4.78, 5) is 2.53. The summed E-state index contributed by atoms with van der Waals surface area (Å²) in [6, 6.07) is 10.7. The molecule has 2 saturated heterocycles. The van der Waals surface area contributed by atoms with E-state index in [9.17, 15) is 0 Å². The quantitative estimate of drug-likeness (QED) is 0.786. The molecule has 88 valence electrons. The van der Waals surface area contributed by atoms with Crippen LogP contribution in [0.25, 0.3) is 0 Å². The van der Waals surface area contributed by atoms with E-state index in [4.69, 9.17) is 4.74 Å². The van der Waals surface area contributed by atoms with Crippen molar-refractivity contribution in [2.24, 2.45) is 0 Å². The van der Waals surface area contributed by atoms with Crippen LogP contribution in [0.15, 0.2) is 30.3 Å². The first kappa shape index (κ1) is 11.9. The summed E-state index contributed by atoms with van der Waals surface area (Å²) in [5.74, 6) is 0. The van der Waals surface area contributed by atoms with Crippen molar-refractivity contribution in [1.82, 2.24) is 4.90 Å². The average Bonchev–Trinajstić information content (AvgIpc) is 2.60. The molecule has 2 atom stereocenters. The molecule has 3 heteroatoms. The van der Waals surface area contributed by atoms with E-state index in [0.717, 1.165) is 19.6 Å². The molecule has 0 radical (unpaired) electrons. The van der Waals surface area contributed by atoms with E-state index in [-0.39, 0.29) is 12.4 Å². The Morgan fingerprint density at radius 1 is 1.06 bits per heavy atom. The molecule has 0 amide bonds. The van der Waals surface area contributed by atoms with E-state index >= 15 is 0 Å². The van der Waals surface area contributed by atoms with E-state index in [1.807, 2.05) is 0 Å². The first-order valence-electron chi connectivity index (χ1n) is 5.82. The van der Waals surface area contributed by atoms with E-state index in [2.05, 4.69) is 35.2 Å². The standard InChI is InChI=1S/C13H17NO.ClH/c1-2-4-11(5-3-1)8-14-9-12-6-7-13(10-14)15-12;/h1-5,12-13H,6-10H2;1H. The highest BCUT2D eigenvalue weighted by molar-refractivity contribution is 5.85. The van der Waals surface area contributed by atoms with Crippen molar-refractivity contribution in [3.8, 4) is 0 Å². The van der Waals surface area contributed by atoms with Crippen LogP contribution in [0.2, 0.25) is 0 Å². The summed E-state index contributed by atoms with van der Waals surface area (Å²) in [5.41, 5.74) is 1.42. The lowest BCUT2D eigenvalue weighted by molar-refractivity contribution is -0.0410. The molecular weight excluding hydrogens is 222 g/mol. The maximum Gasteiger partial charge on any atom is 0.0707 e. The van der Waals surface area contributed by atoms with Crippen LogP contribution in [0.4, 0.5) is 0 Å². The predicted molar refractivity (Wildman–Crippen MR) is 66.9 cm³/mol. The molecule has 0 saturated carbocycles. The van der Waals surface area contributed by atoms with Gasteiger partial charge in [0.1, 0.15) is 0 Å². The number of likely N-dealkylation sites (tertiary alicyclic amines) is 1. The van der Waals surface area contributed by atoms with Gasteiger partial charge in [-0.1, -0.05) is 30.3 Å². The Balaban J connectivity index is 0.000000963. The molecule has 2 unspecified atom stereocenters. The Morgan fingerprint density at radius 2 is 1.69 bits per heavy atom. The zero-order valence-electron chi connectivity index (χ0n) is 9.34. The number of ether oxygens (including phenoxy) is 1. The minimum atomic E-state index is 0. The Kier molecular flexibility index (Phi) is 3.85. The van der Waals surface area contributed by atoms with Crippen LogP contribution in [0, 0.1) is 0 Å². The van der Waals surface area contributed by atoms with Crippen molar-refractivity contribution < 1.29 is 4.74 Å². The number of rotatable bonds is 2. The highest BCUT2D eigenvalue weighted by Gasteiger charge is 2.33. The normalized spacial score (nSPS) is 28.8. The van der Waals surface area contributed by atoms with E-state index < -0.39 is 0 Å². The number of halogens is 1. The molecule has 3 rings (SSSR count). The molecule has 2 aliphatic rings. The molecule has 2 fully saturated rings. The average molecular weight is 240 g/mol. The predicted octanol–water partition coefficient (Wildman–Crippen LogP) is 2.47. The molecule has 16 heavy (non-hydrogen) atoms. The molecule has 0 aromatic heterocycles. The van der Waals surface area contributed by atoms with Crippen LogP contribution >= 0.6 is 12.4 Å². The highest BCUT2D eigenvalue weighted by atomic mass is 35.5. The summed E-state index contributed by atoms with van der Waals surface area (Å²) in [6.45, 7) is 3.31. The summed E-state index contributed by atoms with van der Waals surface area (Å²) in [7, 11) is 0. The van der Waals surface area contributed by atoms with Crippen LogP contribution in [0.5, 0.6) is 0 Å². The Bertz CT molecular complexity index is 318. The molecule has 0 spiro atoms. The number of hydrogen-bond acceptors (Lipinski definition) is 2. The number of fused-ring (bicyclic) bond motifs is 2. The Hall–Kier alpha value is -0.570. The van der Waals surface area contributed by atoms with Gasteiger partial charge in [0.05, 0.1) is 12.2 Å². The number of morpholine rings is 1. The second-order valence-corrected chi connectivity index (χ2v) is 4.64. The SMILES string of the molecule is Cl.c1ccc(CN2CC3CCC(C2)O3)cc1. The zero-order valence-corrected chi connectivity index (χ0v) is 10.2. The minimum Gasteiger partial charge on any atom is -0.372 e. The summed E-state index contributed by atoms with van der Waals surface area (Å²) < 4.78 is 5.82. The van der Waals surface area contributed by atoms with Gasteiger partial charge in [-0.05, 0) is 18.4 Å². The fourth-order valence-electron chi connectivity index (χ4n) is 2.67. The van der Waals surface area contributed by atoms with E-state index in [1.165, 1.54) is 18.4 Å². The van der Waals surface area contributed by atoms with Gasteiger partial charge in [0, 0.05) is 19.6 Å². The lowest BCUT2D eigenvalue weighted by Gasteiger charge is -2.32. The third-order valence-electron chi connectivity index (χ3n) is 3.37. The van der Waals surface area contributed by atoms with Gasteiger partial charge in [-0.3, -0.25) is 4.90 Å². The second-order valence-electron chi connectivity index (χ2n) is 4.64. The first-order valence-corrected chi connectivity index (χ1v) is 5.82.